The molecular formula is C14H14N2S. The molecule has 3 rings (SSSR count). The van der Waals surface area contributed by atoms with Gasteiger partial charge in [-0.05, 0) is 42.0 Å². The number of nitrogens with one attached hydrogen (secondary N) is 1. The molecule has 3 heteroatoms. The summed E-state index contributed by atoms with van der Waals surface area (Å²) in [5, 5.41) is 0. The third-order valence-electron chi connectivity index (χ3n) is 3.45. The molecule has 2 aromatic rings. The van der Waals surface area contributed by atoms with Crippen molar-refractivity contribution in [3.63, 3.8) is 0 Å². The van der Waals surface area contributed by atoms with Gasteiger partial charge in [-0.3, -0.25) is 0 Å². The summed E-state index contributed by atoms with van der Waals surface area (Å²) < 4.78 is 0.632. The lowest BCUT2D eigenvalue weighted by molar-refractivity contribution is 0.420. The molecule has 0 amide bonds. The lowest BCUT2D eigenvalue weighted by Gasteiger charge is -2.26. The highest BCUT2D eigenvalue weighted by molar-refractivity contribution is 7.71. The smallest absolute Gasteiger partial charge is 0.130 e. The fourth-order valence-electron chi connectivity index (χ4n) is 2.24. The van der Waals surface area contributed by atoms with Crippen LogP contribution in [0.5, 0.6) is 0 Å². The van der Waals surface area contributed by atoms with Gasteiger partial charge in [0, 0.05) is 5.69 Å². The lowest BCUT2D eigenvalue weighted by Crippen LogP contribution is -2.08. The second-order valence-electron chi connectivity index (χ2n) is 4.55. The SMILES string of the molecule is S=c1cc(-c2cccc(C3CCC3)c2)[nH]cn1. The van der Waals surface area contributed by atoms with E-state index in [9.17, 15) is 0 Å². The molecule has 0 bridgehead atoms. The van der Waals surface area contributed by atoms with Crippen LogP contribution in [0.25, 0.3) is 11.3 Å². The van der Waals surface area contributed by atoms with E-state index in [0.29, 0.717) is 4.64 Å². The van der Waals surface area contributed by atoms with Crippen molar-refractivity contribution in [3.8, 4) is 11.3 Å². The van der Waals surface area contributed by atoms with Gasteiger partial charge in [0.1, 0.15) is 4.64 Å². The summed E-state index contributed by atoms with van der Waals surface area (Å²) in [5.41, 5.74) is 3.69. The minimum absolute atomic E-state index is 0.632. The van der Waals surface area contributed by atoms with Crippen LogP contribution >= 0.6 is 12.2 Å². The van der Waals surface area contributed by atoms with E-state index in [0.717, 1.165) is 11.6 Å². The Hall–Kier alpha value is -1.48. The van der Waals surface area contributed by atoms with Crippen LogP contribution in [-0.2, 0) is 0 Å². The van der Waals surface area contributed by atoms with Crippen molar-refractivity contribution in [1.29, 1.82) is 0 Å². The van der Waals surface area contributed by atoms with Crippen molar-refractivity contribution in [2.24, 2.45) is 0 Å². The minimum atomic E-state index is 0.632. The highest BCUT2D eigenvalue weighted by Gasteiger charge is 2.19. The Bertz CT molecular complexity index is 585. The minimum Gasteiger partial charge on any atom is -0.346 e. The molecule has 1 saturated carbocycles. The molecule has 86 valence electrons. The van der Waals surface area contributed by atoms with Gasteiger partial charge in [0.05, 0.1) is 6.33 Å². The zero-order valence-electron chi connectivity index (χ0n) is 9.52. The molecule has 1 N–H and O–H groups in total. The predicted octanol–water partition coefficient (Wildman–Crippen LogP) is 4.07. The standard InChI is InChI=1S/C14H14N2S/c17-14-8-13(15-9-16-14)12-6-2-5-11(7-12)10-3-1-4-10/h2,5-10H,1,3-4H2,(H,15,16,17). The summed E-state index contributed by atoms with van der Waals surface area (Å²) in [5.74, 6) is 0.764. The maximum Gasteiger partial charge on any atom is 0.130 e. The van der Waals surface area contributed by atoms with E-state index in [-0.39, 0.29) is 0 Å². The Morgan fingerprint density at radius 1 is 1.24 bits per heavy atom. The molecule has 0 saturated heterocycles. The molecule has 0 unspecified atom stereocenters. The van der Waals surface area contributed by atoms with Gasteiger partial charge in [0.15, 0.2) is 0 Å². The van der Waals surface area contributed by atoms with Crippen LogP contribution in [0.4, 0.5) is 0 Å². The van der Waals surface area contributed by atoms with Crippen LogP contribution in [0.2, 0.25) is 0 Å². The second-order valence-corrected chi connectivity index (χ2v) is 4.97. The maximum atomic E-state index is 5.09. The number of aromatic nitrogens is 2. The Labute approximate surface area is 106 Å². The first kappa shape index (κ1) is 10.7. The fraction of sp³-hybridized carbons (Fsp3) is 0.286. The first-order chi connectivity index (χ1) is 8.33. The van der Waals surface area contributed by atoms with Gasteiger partial charge in [0.2, 0.25) is 0 Å². The van der Waals surface area contributed by atoms with E-state index < -0.39 is 0 Å². The number of nitrogens with zero attached hydrogens (tertiary/aromatic N) is 1. The number of benzene rings is 1. The van der Waals surface area contributed by atoms with Crippen LogP contribution in [0.3, 0.4) is 0 Å². The fourth-order valence-corrected chi connectivity index (χ4v) is 2.41. The van der Waals surface area contributed by atoms with Crippen molar-refractivity contribution >= 4 is 12.2 Å². The molecule has 1 aromatic carbocycles. The van der Waals surface area contributed by atoms with Crippen LogP contribution < -0.4 is 0 Å². The van der Waals surface area contributed by atoms with Crippen LogP contribution in [-0.4, -0.2) is 9.97 Å². The third-order valence-corrected chi connectivity index (χ3v) is 3.68. The van der Waals surface area contributed by atoms with Crippen molar-refractivity contribution in [1.82, 2.24) is 9.97 Å². The Kier molecular flexibility index (Phi) is 2.77. The second kappa shape index (κ2) is 4.41. The number of hydrogen-bond acceptors (Lipinski definition) is 2. The summed E-state index contributed by atoms with van der Waals surface area (Å²) in [6.45, 7) is 0. The van der Waals surface area contributed by atoms with Gasteiger partial charge in [-0.25, -0.2) is 4.98 Å². The summed E-state index contributed by atoms with van der Waals surface area (Å²) in [7, 11) is 0. The number of rotatable bonds is 2. The molecule has 0 atom stereocenters. The quantitative estimate of drug-likeness (QED) is 0.804. The van der Waals surface area contributed by atoms with E-state index in [1.807, 2.05) is 6.07 Å². The summed E-state index contributed by atoms with van der Waals surface area (Å²) in [4.78, 5) is 7.16. The van der Waals surface area contributed by atoms with Gasteiger partial charge in [-0.15, -0.1) is 0 Å². The first-order valence-electron chi connectivity index (χ1n) is 5.98. The number of hydrogen-bond donors (Lipinski definition) is 1. The molecule has 1 heterocycles. The van der Waals surface area contributed by atoms with E-state index in [2.05, 4.69) is 34.2 Å². The average Bonchev–Trinajstić information content (AvgIpc) is 2.27. The number of aromatic amines is 1. The topological polar surface area (TPSA) is 28.7 Å². The molecule has 1 aliphatic rings. The van der Waals surface area contributed by atoms with Gasteiger partial charge < -0.3 is 4.98 Å². The van der Waals surface area contributed by atoms with E-state index in [4.69, 9.17) is 12.2 Å². The molecule has 0 radical (unpaired) electrons. The molecule has 1 aromatic heterocycles. The highest BCUT2D eigenvalue weighted by atomic mass is 32.1. The van der Waals surface area contributed by atoms with Gasteiger partial charge >= 0.3 is 0 Å². The third kappa shape index (κ3) is 2.15. The molecule has 17 heavy (non-hydrogen) atoms. The normalized spacial score (nSPS) is 15.5. The molecule has 0 spiro atoms. The highest BCUT2D eigenvalue weighted by Crippen LogP contribution is 2.37. The maximum absolute atomic E-state index is 5.09. The van der Waals surface area contributed by atoms with E-state index in [1.54, 1.807) is 6.33 Å². The summed E-state index contributed by atoms with van der Waals surface area (Å²) in [6.07, 6.45) is 5.69. The largest absolute Gasteiger partial charge is 0.346 e. The Balaban J connectivity index is 2.00. The Morgan fingerprint density at radius 3 is 2.82 bits per heavy atom. The molecule has 1 aliphatic carbocycles. The van der Waals surface area contributed by atoms with E-state index >= 15 is 0 Å². The Morgan fingerprint density at radius 2 is 2.12 bits per heavy atom. The molecule has 2 nitrogen and oxygen atoms in total. The lowest BCUT2D eigenvalue weighted by atomic mass is 9.79. The molecule has 0 aliphatic heterocycles. The van der Waals surface area contributed by atoms with Crippen LogP contribution in [0.15, 0.2) is 36.7 Å². The summed E-state index contributed by atoms with van der Waals surface area (Å²) >= 11 is 5.09. The van der Waals surface area contributed by atoms with Crippen molar-refractivity contribution in [3.05, 3.63) is 46.9 Å². The molecule has 1 fully saturated rings. The van der Waals surface area contributed by atoms with Gasteiger partial charge in [-0.1, -0.05) is 36.8 Å². The monoisotopic (exact) mass is 242 g/mol. The molecular weight excluding hydrogens is 228 g/mol. The van der Waals surface area contributed by atoms with Crippen LogP contribution in [0.1, 0.15) is 30.7 Å². The van der Waals surface area contributed by atoms with Crippen molar-refractivity contribution in [2.75, 3.05) is 0 Å². The first-order valence-corrected chi connectivity index (χ1v) is 6.39. The van der Waals surface area contributed by atoms with Gasteiger partial charge in [0.25, 0.3) is 0 Å². The summed E-state index contributed by atoms with van der Waals surface area (Å²) in [6, 6.07) is 10.6. The van der Waals surface area contributed by atoms with E-state index in [1.165, 1.54) is 30.4 Å². The zero-order valence-corrected chi connectivity index (χ0v) is 10.3. The average molecular weight is 242 g/mol. The predicted molar refractivity (Wildman–Crippen MR) is 71.4 cm³/mol. The zero-order chi connectivity index (χ0) is 11.7. The van der Waals surface area contributed by atoms with Crippen molar-refractivity contribution in [2.45, 2.75) is 25.2 Å². The van der Waals surface area contributed by atoms with Crippen molar-refractivity contribution < 1.29 is 0 Å². The van der Waals surface area contributed by atoms with Gasteiger partial charge in [-0.2, -0.15) is 0 Å². The van der Waals surface area contributed by atoms with Crippen LogP contribution in [0, 0.1) is 4.64 Å². The number of H-pyrrole nitrogens is 1.